The molecule has 0 radical (unpaired) electrons. The summed E-state index contributed by atoms with van der Waals surface area (Å²) >= 11 is 0. The first-order valence-electron chi connectivity index (χ1n) is 11.7. The molecular formula is C25H30O16. The molecule has 16 heteroatoms. The molecule has 0 fully saturated rings. The van der Waals surface area contributed by atoms with Crippen molar-refractivity contribution in [3.8, 4) is 0 Å². The molecule has 0 heterocycles. The molecule has 1 aliphatic carbocycles. The minimum Gasteiger partial charge on any atom is -0.469 e. The maximum Gasteiger partial charge on any atom is 0.339 e. The average molecular weight is 586 g/mol. The molecule has 226 valence electrons. The number of hydrogen-bond acceptors (Lipinski definition) is 16. The van der Waals surface area contributed by atoms with E-state index in [0.717, 1.165) is 42.7 Å². The van der Waals surface area contributed by atoms with Crippen LogP contribution in [0.25, 0.3) is 0 Å². The van der Waals surface area contributed by atoms with E-state index in [4.69, 9.17) is 37.9 Å². The second-order valence-electron chi connectivity index (χ2n) is 7.77. The summed E-state index contributed by atoms with van der Waals surface area (Å²) in [6.45, 7) is 1.62. The molecule has 0 aromatic heterocycles. The van der Waals surface area contributed by atoms with E-state index in [1.807, 2.05) is 0 Å². The van der Waals surface area contributed by atoms with Gasteiger partial charge in [-0.25, -0.2) is 19.2 Å². The Bertz CT molecular complexity index is 1100. The highest BCUT2D eigenvalue weighted by atomic mass is 16.6. The first-order chi connectivity index (χ1) is 19.4. The van der Waals surface area contributed by atoms with Crippen molar-refractivity contribution >= 4 is 47.8 Å². The number of rotatable bonds is 10. The van der Waals surface area contributed by atoms with Crippen LogP contribution < -0.4 is 0 Å². The van der Waals surface area contributed by atoms with Crippen LogP contribution in [0.3, 0.4) is 0 Å². The van der Waals surface area contributed by atoms with Crippen molar-refractivity contribution < 1.29 is 76.3 Å². The van der Waals surface area contributed by atoms with Gasteiger partial charge in [-0.05, 0) is 13.8 Å². The van der Waals surface area contributed by atoms with E-state index in [9.17, 15) is 38.4 Å². The van der Waals surface area contributed by atoms with Crippen LogP contribution >= 0.6 is 0 Å². The van der Waals surface area contributed by atoms with Crippen LogP contribution in [0.5, 0.6) is 0 Å². The Balaban J connectivity index is 5.07. The standard InChI is InChI=1S/C25H30O16/c1-9-40-23(32)25(24(33)41-10-2)15(21(30)38-7)13(19(28)36-5)11(17(26)34-3)12(18(27)35-4)14(20(29)37-6)16(25)22(31)39-8/h15-16H,9-10H2,1-8H3/t15-,16-/m0/s1. The van der Waals surface area contributed by atoms with Gasteiger partial charge in [0.2, 0.25) is 0 Å². The molecule has 41 heavy (non-hydrogen) atoms. The normalized spacial score (nSPS) is 17.8. The largest absolute Gasteiger partial charge is 0.469 e. The lowest BCUT2D eigenvalue weighted by Gasteiger charge is -2.38. The molecule has 0 bridgehead atoms. The van der Waals surface area contributed by atoms with Crippen LogP contribution in [-0.2, 0) is 76.3 Å². The smallest absolute Gasteiger partial charge is 0.339 e. The zero-order chi connectivity index (χ0) is 31.7. The second-order valence-corrected chi connectivity index (χ2v) is 7.77. The summed E-state index contributed by atoms with van der Waals surface area (Å²) in [6, 6.07) is 0. The minimum absolute atomic E-state index is 0.482. The monoisotopic (exact) mass is 586 g/mol. The molecule has 2 atom stereocenters. The Morgan fingerprint density at radius 2 is 0.805 bits per heavy atom. The summed E-state index contributed by atoms with van der Waals surface area (Å²) in [5.41, 5.74) is -8.20. The molecule has 0 aromatic carbocycles. The fraction of sp³-hybridized carbons (Fsp3) is 0.520. The number of carbonyl (C=O) groups excluding carboxylic acids is 8. The van der Waals surface area contributed by atoms with Crippen molar-refractivity contribution in [1.29, 1.82) is 0 Å². The Morgan fingerprint density at radius 1 is 0.512 bits per heavy atom. The van der Waals surface area contributed by atoms with Gasteiger partial charge in [0.1, 0.15) is 11.8 Å². The van der Waals surface area contributed by atoms with E-state index in [2.05, 4.69) is 0 Å². The molecule has 0 aromatic rings. The Morgan fingerprint density at radius 3 is 1.02 bits per heavy atom. The predicted octanol–water partition coefficient (Wildman–Crippen LogP) is -1.02. The molecule has 0 unspecified atom stereocenters. The third-order valence-electron chi connectivity index (χ3n) is 5.97. The molecule has 0 aliphatic heterocycles. The zero-order valence-electron chi connectivity index (χ0n) is 23.6. The molecule has 0 saturated carbocycles. The fourth-order valence-corrected chi connectivity index (χ4v) is 4.37. The number of ether oxygens (including phenoxy) is 8. The van der Waals surface area contributed by atoms with E-state index in [0.29, 0.717) is 0 Å². The highest BCUT2D eigenvalue weighted by Gasteiger charge is 2.71. The number of hydrogen-bond donors (Lipinski definition) is 0. The Labute approximate surface area is 233 Å². The van der Waals surface area contributed by atoms with Gasteiger partial charge in [-0.1, -0.05) is 0 Å². The van der Waals surface area contributed by atoms with Crippen LogP contribution in [-0.4, -0.2) is 104 Å². The molecule has 16 nitrogen and oxygen atoms in total. The highest BCUT2D eigenvalue weighted by Crippen LogP contribution is 2.52. The van der Waals surface area contributed by atoms with Gasteiger partial charge in [-0.3, -0.25) is 19.2 Å². The van der Waals surface area contributed by atoms with Gasteiger partial charge in [-0.15, -0.1) is 0 Å². The lowest BCUT2D eigenvalue weighted by Crippen LogP contribution is -2.59. The van der Waals surface area contributed by atoms with Crippen LogP contribution in [0.2, 0.25) is 0 Å². The topological polar surface area (TPSA) is 210 Å². The summed E-state index contributed by atoms with van der Waals surface area (Å²) in [7, 11) is 4.75. The number of carbonyl (C=O) groups is 8. The third-order valence-corrected chi connectivity index (χ3v) is 5.97. The van der Waals surface area contributed by atoms with Gasteiger partial charge in [0.15, 0.2) is 5.41 Å². The van der Waals surface area contributed by atoms with E-state index in [1.54, 1.807) is 0 Å². The first kappa shape index (κ1) is 34.3. The highest BCUT2D eigenvalue weighted by molar-refractivity contribution is 6.22. The van der Waals surface area contributed by atoms with Crippen molar-refractivity contribution in [3.05, 3.63) is 22.3 Å². The van der Waals surface area contributed by atoms with Gasteiger partial charge >= 0.3 is 47.8 Å². The van der Waals surface area contributed by atoms with Gasteiger partial charge in [0.25, 0.3) is 0 Å². The molecule has 0 saturated heterocycles. The number of methoxy groups -OCH3 is 6. The molecular weight excluding hydrogens is 556 g/mol. The lowest BCUT2D eigenvalue weighted by molar-refractivity contribution is -0.190. The van der Waals surface area contributed by atoms with Crippen LogP contribution in [0.1, 0.15) is 13.8 Å². The van der Waals surface area contributed by atoms with Crippen molar-refractivity contribution in [2.45, 2.75) is 13.8 Å². The zero-order valence-corrected chi connectivity index (χ0v) is 23.6. The van der Waals surface area contributed by atoms with E-state index >= 15 is 0 Å². The van der Waals surface area contributed by atoms with Gasteiger partial charge in [-0.2, -0.15) is 0 Å². The Hall–Kier alpha value is -4.76. The summed E-state index contributed by atoms with van der Waals surface area (Å²) < 4.78 is 38.7. The fourth-order valence-electron chi connectivity index (χ4n) is 4.37. The van der Waals surface area contributed by atoms with Gasteiger partial charge < -0.3 is 37.9 Å². The molecule has 0 N–H and O–H groups in total. The molecule has 0 amide bonds. The summed E-state index contributed by atoms with van der Waals surface area (Å²) in [4.78, 5) is 108. The molecule has 1 rings (SSSR count). The van der Waals surface area contributed by atoms with Crippen molar-refractivity contribution in [3.63, 3.8) is 0 Å². The minimum atomic E-state index is -3.41. The summed E-state index contributed by atoms with van der Waals surface area (Å²) in [5, 5.41) is 0. The molecule has 0 spiro atoms. The van der Waals surface area contributed by atoms with Crippen LogP contribution in [0.15, 0.2) is 22.3 Å². The average Bonchev–Trinajstić information content (AvgIpc) is 3.10. The molecule has 1 aliphatic rings. The first-order valence-corrected chi connectivity index (χ1v) is 11.7. The van der Waals surface area contributed by atoms with E-state index in [-0.39, 0.29) is 0 Å². The van der Waals surface area contributed by atoms with Crippen LogP contribution in [0.4, 0.5) is 0 Å². The predicted molar refractivity (Wildman–Crippen MR) is 129 cm³/mol. The summed E-state index contributed by atoms with van der Waals surface area (Å²) in [6.07, 6.45) is 0. The second kappa shape index (κ2) is 14.6. The van der Waals surface area contributed by atoms with Crippen molar-refractivity contribution in [2.75, 3.05) is 55.9 Å². The van der Waals surface area contributed by atoms with E-state index < -0.39 is 101 Å². The maximum atomic E-state index is 13.9. The van der Waals surface area contributed by atoms with Gasteiger partial charge in [0, 0.05) is 0 Å². The third kappa shape index (κ3) is 5.90. The van der Waals surface area contributed by atoms with Gasteiger partial charge in [0.05, 0.1) is 78.2 Å². The lowest BCUT2D eigenvalue weighted by atomic mass is 9.62. The van der Waals surface area contributed by atoms with Crippen molar-refractivity contribution in [1.82, 2.24) is 0 Å². The van der Waals surface area contributed by atoms with Crippen molar-refractivity contribution in [2.24, 2.45) is 17.3 Å². The quantitative estimate of drug-likeness (QED) is 0.170. The SMILES string of the molecule is CCOC(=O)C1(C(=O)OCC)[C@H](C(=O)OC)C(C(=O)OC)=C(C(=O)OC)C(C(=O)OC)=C(C(=O)OC)[C@H]1C(=O)OC. The maximum absolute atomic E-state index is 13.9. The summed E-state index contributed by atoms with van der Waals surface area (Å²) in [5.74, 6) is -18.2. The van der Waals surface area contributed by atoms with Crippen LogP contribution in [0, 0.1) is 17.3 Å². The van der Waals surface area contributed by atoms with E-state index in [1.165, 1.54) is 13.8 Å². The Kier molecular flexibility index (Phi) is 12.2. The number of esters is 8.